The zero-order valence-electron chi connectivity index (χ0n) is 9.97. The number of carbonyl (C=O) groups excluding carboxylic acids is 1. The van der Waals surface area contributed by atoms with Gasteiger partial charge in [-0.1, -0.05) is 23.7 Å². The van der Waals surface area contributed by atoms with Crippen LogP contribution in [0, 0.1) is 5.82 Å². The molecule has 0 saturated carbocycles. The van der Waals surface area contributed by atoms with Gasteiger partial charge in [-0.05, 0) is 23.8 Å². The molecule has 0 aliphatic rings. The number of nitrogens with zero attached hydrogens (tertiary/aromatic N) is 1. The largest absolute Gasteiger partial charge is 0.298 e. The van der Waals surface area contributed by atoms with E-state index in [9.17, 15) is 14.0 Å². The first-order valence-corrected chi connectivity index (χ1v) is 6.91. The van der Waals surface area contributed by atoms with Gasteiger partial charge in [0.05, 0.1) is 5.56 Å². The van der Waals surface area contributed by atoms with Crippen molar-refractivity contribution in [2.75, 3.05) is 0 Å². The molecule has 100 valence electrons. The molecule has 0 aliphatic heterocycles. The predicted octanol–water partition coefficient (Wildman–Crippen LogP) is 3.63. The minimum absolute atomic E-state index is 0.150. The third kappa shape index (κ3) is 1.95. The Bertz CT molecular complexity index is 885. The second kappa shape index (κ2) is 4.85. The first-order valence-electron chi connectivity index (χ1n) is 5.65. The average molecular weight is 308 g/mol. The van der Waals surface area contributed by atoms with Crippen LogP contribution in [-0.2, 0) is 0 Å². The number of carbonyl (C=O) groups is 1. The van der Waals surface area contributed by atoms with Gasteiger partial charge in [-0.2, -0.15) is 0 Å². The number of pyridine rings is 1. The lowest BCUT2D eigenvalue weighted by Gasteiger charge is -2.06. The van der Waals surface area contributed by atoms with Crippen molar-refractivity contribution in [2.24, 2.45) is 0 Å². The first-order chi connectivity index (χ1) is 9.61. The van der Waals surface area contributed by atoms with E-state index in [2.05, 4.69) is 0 Å². The van der Waals surface area contributed by atoms with Crippen LogP contribution >= 0.6 is 22.9 Å². The highest BCUT2D eigenvalue weighted by Crippen LogP contribution is 2.25. The average Bonchev–Trinajstić information content (AvgIpc) is 2.80. The third-order valence-electron chi connectivity index (χ3n) is 2.94. The Balaban J connectivity index is 2.45. The minimum atomic E-state index is -0.472. The standard InChI is InChI=1S/C14H7ClFNO2S/c15-11-7-20-12-5-9(6-18)13(14(19)17(11)12)8-2-1-3-10(16)4-8/h1-7H. The summed E-state index contributed by atoms with van der Waals surface area (Å²) in [4.78, 5) is 24.3. The summed E-state index contributed by atoms with van der Waals surface area (Å²) in [6.07, 6.45) is 0.593. The van der Waals surface area contributed by atoms with Crippen molar-refractivity contribution >= 4 is 34.1 Å². The zero-order valence-corrected chi connectivity index (χ0v) is 11.5. The molecule has 0 aliphatic carbocycles. The molecule has 0 spiro atoms. The molecule has 1 aromatic carbocycles. The molecule has 0 amide bonds. The van der Waals surface area contributed by atoms with Gasteiger partial charge in [0, 0.05) is 10.9 Å². The van der Waals surface area contributed by atoms with Crippen molar-refractivity contribution in [1.29, 1.82) is 0 Å². The van der Waals surface area contributed by atoms with Crippen LogP contribution in [0.3, 0.4) is 0 Å². The maximum absolute atomic E-state index is 13.3. The summed E-state index contributed by atoms with van der Waals surface area (Å²) in [5, 5.41) is 1.88. The second-order valence-electron chi connectivity index (χ2n) is 4.14. The minimum Gasteiger partial charge on any atom is -0.298 e. The van der Waals surface area contributed by atoms with E-state index in [1.807, 2.05) is 0 Å². The number of aldehydes is 1. The molecule has 0 atom stereocenters. The normalized spacial score (nSPS) is 10.9. The van der Waals surface area contributed by atoms with E-state index in [1.165, 1.54) is 33.9 Å². The number of fused-ring (bicyclic) bond motifs is 1. The highest BCUT2D eigenvalue weighted by Gasteiger charge is 2.15. The van der Waals surface area contributed by atoms with Gasteiger partial charge in [0.2, 0.25) is 0 Å². The lowest BCUT2D eigenvalue weighted by Crippen LogP contribution is -2.17. The fourth-order valence-electron chi connectivity index (χ4n) is 2.08. The lowest BCUT2D eigenvalue weighted by atomic mass is 10.0. The van der Waals surface area contributed by atoms with Gasteiger partial charge in [-0.25, -0.2) is 4.39 Å². The van der Waals surface area contributed by atoms with Crippen molar-refractivity contribution in [3.63, 3.8) is 0 Å². The predicted molar refractivity (Wildman–Crippen MR) is 77.3 cm³/mol. The Morgan fingerprint density at radius 2 is 2.10 bits per heavy atom. The van der Waals surface area contributed by atoms with Gasteiger partial charge in [-0.15, -0.1) is 11.3 Å². The number of benzene rings is 1. The van der Waals surface area contributed by atoms with E-state index in [-0.39, 0.29) is 16.3 Å². The van der Waals surface area contributed by atoms with Gasteiger partial charge < -0.3 is 0 Å². The highest BCUT2D eigenvalue weighted by molar-refractivity contribution is 7.16. The maximum atomic E-state index is 13.3. The van der Waals surface area contributed by atoms with E-state index in [4.69, 9.17) is 11.6 Å². The van der Waals surface area contributed by atoms with Gasteiger partial charge in [0.15, 0.2) is 6.29 Å². The number of aromatic nitrogens is 1. The van der Waals surface area contributed by atoms with Crippen LogP contribution in [0.1, 0.15) is 10.4 Å². The number of hydrogen-bond acceptors (Lipinski definition) is 3. The fraction of sp³-hybridized carbons (Fsp3) is 0. The molecule has 0 radical (unpaired) electrons. The van der Waals surface area contributed by atoms with Crippen LogP contribution in [-0.4, -0.2) is 10.7 Å². The lowest BCUT2D eigenvalue weighted by molar-refractivity contribution is 0.112. The monoisotopic (exact) mass is 307 g/mol. The maximum Gasteiger partial charge on any atom is 0.265 e. The Morgan fingerprint density at radius 3 is 2.80 bits per heavy atom. The summed E-state index contributed by atoms with van der Waals surface area (Å²) in [6, 6.07) is 7.14. The molecule has 2 heterocycles. The van der Waals surface area contributed by atoms with E-state index < -0.39 is 11.4 Å². The molecule has 3 aromatic rings. The molecule has 3 nitrogen and oxygen atoms in total. The fourth-order valence-corrected chi connectivity index (χ4v) is 3.24. The first kappa shape index (κ1) is 13.0. The molecular weight excluding hydrogens is 301 g/mol. The molecular formula is C14H7ClFNO2S. The number of halogens is 2. The van der Waals surface area contributed by atoms with E-state index in [0.717, 1.165) is 0 Å². The molecule has 6 heteroatoms. The van der Waals surface area contributed by atoms with Crippen molar-refractivity contribution in [1.82, 2.24) is 4.40 Å². The zero-order chi connectivity index (χ0) is 14.3. The molecule has 0 fully saturated rings. The SMILES string of the molecule is O=Cc1cc2scc(Cl)n2c(=O)c1-c1cccc(F)c1. The number of thiazole rings is 1. The number of hydrogen-bond donors (Lipinski definition) is 0. The summed E-state index contributed by atoms with van der Waals surface area (Å²) < 4.78 is 14.6. The van der Waals surface area contributed by atoms with Gasteiger partial charge >= 0.3 is 0 Å². The highest BCUT2D eigenvalue weighted by atomic mass is 35.5. The molecule has 0 unspecified atom stereocenters. The van der Waals surface area contributed by atoms with E-state index >= 15 is 0 Å². The quantitative estimate of drug-likeness (QED) is 0.678. The summed E-state index contributed by atoms with van der Waals surface area (Å²) in [7, 11) is 0. The van der Waals surface area contributed by atoms with Crippen LogP contribution in [0.15, 0.2) is 40.5 Å². The molecule has 0 N–H and O–H groups in total. The van der Waals surface area contributed by atoms with Crippen LogP contribution in [0.2, 0.25) is 5.15 Å². The molecule has 3 rings (SSSR count). The molecule has 0 saturated heterocycles. The van der Waals surface area contributed by atoms with Crippen molar-refractivity contribution in [3.8, 4) is 11.1 Å². The second-order valence-corrected chi connectivity index (χ2v) is 5.42. The summed E-state index contributed by atoms with van der Waals surface area (Å²) in [5.74, 6) is -0.472. The van der Waals surface area contributed by atoms with Crippen molar-refractivity contribution < 1.29 is 9.18 Å². The Morgan fingerprint density at radius 1 is 1.30 bits per heavy atom. The number of rotatable bonds is 2. The Hall–Kier alpha value is -1.98. The van der Waals surface area contributed by atoms with Crippen molar-refractivity contribution in [2.45, 2.75) is 0 Å². The topological polar surface area (TPSA) is 38.5 Å². The van der Waals surface area contributed by atoms with Gasteiger partial charge in [-0.3, -0.25) is 14.0 Å². The summed E-state index contributed by atoms with van der Waals surface area (Å²) >= 11 is 7.24. The van der Waals surface area contributed by atoms with Gasteiger partial charge in [0.25, 0.3) is 5.56 Å². The van der Waals surface area contributed by atoms with Crippen LogP contribution < -0.4 is 5.56 Å². The Labute approximate surface area is 121 Å². The summed E-state index contributed by atoms with van der Waals surface area (Å²) in [5.41, 5.74) is 0.298. The molecule has 0 bridgehead atoms. The smallest absolute Gasteiger partial charge is 0.265 e. The van der Waals surface area contributed by atoms with Gasteiger partial charge in [0.1, 0.15) is 15.8 Å². The van der Waals surface area contributed by atoms with Crippen LogP contribution in [0.25, 0.3) is 16.0 Å². The molecule has 20 heavy (non-hydrogen) atoms. The molecule has 2 aromatic heterocycles. The Kier molecular flexibility index (Phi) is 3.16. The van der Waals surface area contributed by atoms with E-state index in [0.29, 0.717) is 16.7 Å². The van der Waals surface area contributed by atoms with Crippen molar-refractivity contribution in [3.05, 3.63) is 62.6 Å². The van der Waals surface area contributed by atoms with Crippen LogP contribution in [0.5, 0.6) is 0 Å². The summed E-state index contributed by atoms with van der Waals surface area (Å²) in [6.45, 7) is 0. The van der Waals surface area contributed by atoms with Crippen LogP contribution in [0.4, 0.5) is 4.39 Å². The third-order valence-corrected chi connectivity index (χ3v) is 4.23. The van der Waals surface area contributed by atoms with E-state index in [1.54, 1.807) is 17.5 Å².